The van der Waals surface area contributed by atoms with E-state index < -0.39 is 11.6 Å². The van der Waals surface area contributed by atoms with Gasteiger partial charge in [-0.3, -0.25) is 4.79 Å². The normalized spacial score (nSPS) is 10.2. The molecule has 0 atom stereocenters. The zero-order chi connectivity index (χ0) is 15.2. The Balaban J connectivity index is 1.87. The number of hydrogen-bond donors (Lipinski definition) is 1. The fraction of sp³-hybridized carbons (Fsp3) is 0.188. The van der Waals surface area contributed by atoms with Gasteiger partial charge in [-0.15, -0.1) is 0 Å². The molecule has 0 radical (unpaired) electrons. The minimum atomic E-state index is -0.778. The topological polar surface area (TPSA) is 32.3 Å². The maximum absolute atomic E-state index is 13.4. The van der Waals surface area contributed by atoms with Crippen molar-refractivity contribution in [2.45, 2.75) is 6.42 Å². The van der Waals surface area contributed by atoms with Gasteiger partial charge >= 0.3 is 0 Å². The van der Waals surface area contributed by atoms with Crippen LogP contribution < -0.4 is 10.2 Å². The van der Waals surface area contributed by atoms with Gasteiger partial charge in [-0.1, -0.05) is 18.2 Å². The number of halogens is 2. The van der Waals surface area contributed by atoms with E-state index in [2.05, 4.69) is 5.32 Å². The zero-order valence-corrected chi connectivity index (χ0v) is 11.6. The summed E-state index contributed by atoms with van der Waals surface area (Å²) < 4.78 is 26.2. The Bertz CT molecular complexity index is 617. The molecule has 0 aromatic heterocycles. The highest BCUT2D eigenvalue weighted by atomic mass is 19.1. The lowest BCUT2D eigenvalue weighted by Crippen LogP contribution is -2.24. The largest absolute Gasteiger partial charge is 0.374 e. The lowest BCUT2D eigenvalue weighted by Gasteiger charge is -2.18. The molecule has 2 aromatic rings. The summed E-state index contributed by atoms with van der Waals surface area (Å²) in [7, 11) is 1.88. The predicted molar refractivity (Wildman–Crippen MR) is 79.3 cm³/mol. The number of rotatable bonds is 5. The minimum Gasteiger partial charge on any atom is -0.374 e. The summed E-state index contributed by atoms with van der Waals surface area (Å²) in [6, 6.07) is 12.7. The number of para-hydroxylation sites is 1. The van der Waals surface area contributed by atoms with Crippen LogP contribution in [0.25, 0.3) is 0 Å². The first-order valence-electron chi connectivity index (χ1n) is 6.57. The quantitative estimate of drug-likeness (QED) is 0.915. The van der Waals surface area contributed by atoms with Crippen LogP contribution in [0.15, 0.2) is 48.5 Å². The minimum absolute atomic E-state index is 0.0104. The Labute approximate surface area is 122 Å². The fourth-order valence-corrected chi connectivity index (χ4v) is 1.88. The van der Waals surface area contributed by atoms with Gasteiger partial charge in [0.05, 0.1) is 5.69 Å². The van der Waals surface area contributed by atoms with Gasteiger partial charge in [0.2, 0.25) is 5.91 Å². The van der Waals surface area contributed by atoms with Crippen molar-refractivity contribution in [1.29, 1.82) is 0 Å². The molecular formula is C16H16F2N2O. The molecule has 2 aromatic carbocycles. The van der Waals surface area contributed by atoms with Gasteiger partial charge in [-0.2, -0.15) is 0 Å². The Hall–Kier alpha value is -2.43. The first kappa shape index (κ1) is 15.0. The highest BCUT2D eigenvalue weighted by Gasteiger charge is 2.09. The molecule has 0 aliphatic carbocycles. The van der Waals surface area contributed by atoms with E-state index in [1.807, 2.05) is 42.3 Å². The summed E-state index contributed by atoms with van der Waals surface area (Å²) >= 11 is 0. The van der Waals surface area contributed by atoms with Crippen LogP contribution in [0.4, 0.5) is 20.2 Å². The number of carbonyl (C=O) groups is 1. The van der Waals surface area contributed by atoms with Crippen molar-refractivity contribution in [2.75, 3.05) is 23.8 Å². The number of benzene rings is 2. The average Bonchev–Trinajstić information content (AvgIpc) is 2.48. The van der Waals surface area contributed by atoms with Gasteiger partial charge in [-0.05, 0) is 24.3 Å². The van der Waals surface area contributed by atoms with E-state index in [1.54, 1.807) is 0 Å². The molecular weight excluding hydrogens is 274 g/mol. The monoisotopic (exact) mass is 290 g/mol. The van der Waals surface area contributed by atoms with Crippen LogP contribution in [-0.2, 0) is 4.79 Å². The molecule has 0 saturated carbocycles. The lowest BCUT2D eigenvalue weighted by atomic mass is 10.2. The summed E-state index contributed by atoms with van der Waals surface area (Å²) in [5, 5.41) is 2.44. The summed E-state index contributed by atoms with van der Waals surface area (Å²) in [5.41, 5.74) is 0.988. The second-order valence-electron chi connectivity index (χ2n) is 4.68. The van der Waals surface area contributed by atoms with Crippen LogP contribution in [0.5, 0.6) is 0 Å². The smallest absolute Gasteiger partial charge is 0.226 e. The molecule has 0 fully saturated rings. The Kier molecular flexibility index (Phi) is 4.87. The molecule has 0 unspecified atom stereocenters. The van der Waals surface area contributed by atoms with Crippen molar-refractivity contribution >= 4 is 17.3 Å². The molecule has 21 heavy (non-hydrogen) atoms. The van der Waals surface area contributed by atoms with Crippen molar-refractivity contribution in [3.8, 4) is 0 Å². The van der Waals surface area contributed by atoms with Gasteiger partial charge in [0.25, 0.3) is 0 Å². The van der Waals surface area contributed by atoms with Gasteiger partial charge < -0.3 is 10.2 Å². The van der Waals surface area contributed by atoms with E-state index in [0.717, 1.165) is 17.8 Å². The molecule has 0 bridgehead atoms. The first-order chi connectivity index (χ1) is 10.1. The molecule has 2 rings (SSSR count). The number of nitrogens with zero attached hydrogens (tertiary/aromatic N) is 1. The molecule has 1 amide bonds. The zero-order valence-electron chi connectivity index (χ0n) is 11.6. The van der Waals surface area contributed by atoms with Crippen LogP contribution >= 0.6 is 0 Å². The van der Waals surface area contributed by atoms with E-state index in [0.29, 0.717) is 6.54 Å². The van der Waals surface area contributed by atoms with E-state index in [9.17, 15) is 13.6 Å². The van der Waals surface area contributed by atoms with Crippen LogP contribution in [0.3, 0.4) is 0 Å². The number of carbonyl (C=O) groups excluding carboxylic acids is 1. The van der Waals surface area contributed by atoms with Crippen LogP contribution in [-0.4, -0.2) is 19.5 Å². The van der Waals surface area contributed by atoms with Crippen LogP contribution in [0, 0.1) is 11.6 Å². The van der Waals surface area contributed by atoms with Gasteiger partial charge in [0.15, 0.2) is 0 Å². The second-order valence-corrected chi connectivity index (χ2v) is 4.68. The van der Waals surface area contributed by atoms with Crippen molar-refractivity contribution in [3.63, 3.8) is 0 Å². The van der Waals surface area contributed by atoms with E-state index in [-0.39, 0.29) is 18.0 Å². The number of hydrogen-bond acceptors (Lipinski definition) is 2. The van der Waals surface area contributed by atoms with E-state index >= 15 is 0 Å². The highest BCUT2D eigenvalue weighted by molar-refractivity contribution is 5.91. The van der Waals surface area contributed by atoms with Crippen molar-refractivity contribution in [1.82, 2.24) is 0 Å². The van der Waals surface area contributed by atoms with Crippen molar-refractivity contribution in [3.05, 3.63) is 60.2 Å². The molecule has 3 nitrogen and oxygen atoms in total. The summed E-state index contributed by atoms with van der Waals surface area (Å²) in [4.78, 5) is 13.7. The van der Waals surface area contributed by atoms with E-state index in [1.165, 1.54) is 6.07 Å². The summed E-state index contributed by atoms with van der Waals surface area (Å²) in [5.74, 6) is -1.77. The fourth-order valence-electron chi connectivity index (χ4n) is 1.88. The molecule has 110 valence electrons. The third-order valence-electron chi connectivity index (χ3n) is 3.08. The predicted octanol–water partition coefficient (Wildman–Crippen LogP) is 3.43. The molecule has 0 spiro atoms. The summed E-state index contributed by atoms with van der Waals surface area (Å²) in [6.45, 7) is 0.499. The summed E-state index contributed by atoms with van der Waals surface area (Å²) in [6.07, 6.45) is 0.211. The van der Waals surface area contributed by atoms with Gasteiger partial charge in [-0.25, -0.2) is 8.78 Å². The average molecular weight is 290 g/mol. The molecule has 0 heterocycles. The number of amides is 1. The maximum atomic E-state index is 13.4. The SMILES string of the molecule is CN(CCC(=O)Nc1ccc(F)cc1F)c1ccccc1. The first-order valence-corrected chi connectivity index (χ1v) is 6.57. The molecule has 0 saturated heterocycles. The molecule has 1 N–H and O–H groups in total. The third kappa shape index (κ3) is 4.27. The van der Waals surface area contributed by atoms with Crippen LogP contribution in [0.2, 0.25) is 0 Å². The van der Waals surface area contributed by atoms with Crippen molar-refractivity contribution < 1.29 is 13.6 Å². The molecule has 0 aliphatic heterocycles. The van der Waals surface area contributed by atoms with Gasteiger partial charge in [0.1, 0.15) is 11.6 Å². The maximum Gasteiger partial charge on any atom is 0.226 e. The second kappa shape index (κ2) is 6.83. The van der Waals surface area contributed by atoms with Crippen LogP contribution in [0.1, 0.15) is 6.42 Å². The van der Waals surface area contributed by atoms with Crippen molar-refractivity contribution in [2.24, 2.45) is 0 Å². The Morgan fingerprint density at radius 2 is 1.86 bits per heavy atom. The standard InChI is InChI=1S/C16H16F2N2O/c1-20(13-5-3-2-4-6-13)10-9-16(21)19-15-8-7-12(17)11-14(15)18/h2-8,11H,9-10H2,1H3,(H,19,21). The van der Waals surface area contributed by atoms with Gasteiger partial charge in [0, 0.05) is 31.8 Å². The number of anilines is 2. The number of nitrogens with one attached hydrogen (secondary N) is 1. The Morgan fingerprint density at radius 3 is 2.52 bits per heavy atom. The van der Waals surface area contributed by atoms with E-state index in [4.69, 9.17) is 0 Å². The third-order valence-corrected chi connectivity index (χ3v) is 3.08. The molecule has 5 heteroatoms. The lowest BCUT2D eigenvalue weighted by molar-refractivity contribution is -0.116. The molecule has 0 aliphatic rings. The Morgan fingerprint density at radius 1 is 1.14 bits per heavy atom. The highest BCUT2D eigenvalue weighted by Crippen LogP contribution is 2.15.